The number of carbonyl (C=O) groups excluding carboxylic acids is 1. The lowest BCUT2D eigenvalue weighted by molar-refractivity contribution is 0.108. The van der Waals surface area contributed by atoms with Gasteiger partial charge in [-0.1, -0.05) is 0 Å². The lowest BCUT2D eigenvalue weighted by Crippen LogP contribution is -2.29. The third kappa shape index (κ3) is 5.14. The van der Waals surface area contributed by atoms with E-state index in [0.29, 0.717) is 36.4 Å². The van der Waals surface area contributed by atoms with Crippen LogP contribution in [0, 0.1) is 20.8 Å². The molecule has 1 aliphatic heterocycles. The standard InChI is InChI=1S/C22H28N6O4/c1-14-11-15(2)28(26-14)20-12-19(23-21(25-20)18-6-5-16(3)31-18)24-22(29)32-17-7-8-27(13-17)9-10-30-4/h5-6,11-12,17H,7-10,13H2,1-4H3,(H,23,24,25,29)/t17-/m0/s1. The van der Waals surface area contributed by atoms with Crippen molar-refractivity contribution in [1.82, 2.24) is 24.6 Å². The first-order valence-corrected chi connectivity index (χ1v) is 10.6. The van der Waals surface area contributed by atoms with Crippen LogP contribution in [0.5, 0.6) is 0 Å². The van der Waals surface area contributed by atoms with Crippen molar-refractivity contribution in [2.24, 2.45) is 0 Å². The van der Waals surface area contributed by atoms with Crippen molar-refractivity contribution in [2.45, 2.75) is 33.3 Å². The van der Waals surface area contributed by atoms with E-state index in [2.05, 4.69) is 25.3 Å². The molecule has 0 radical (unpaired) electrons. The number of likely N-dealkylation sites (tertiary alicyclic amines) is 1. The maximum atomic E-state index is 12.6. The van der Waals surface area contributed by atoms with Crippen molar-refractivity contribution in [3.05, 3.63) is 41.4 Å². The van der Waals surface area contributed by atoms with E-state index in [1.54, 1.807) is 23.9 Å². The summed E-state index contributed by atoms with van der Waals surface area (Å²) >= 11 is 0. The van der Waals surface area contributed by atoms with E-state index in [-0.39, 0.29) is 6.10 Å². The molecule has 1 aliphatic rings. The van der Waals surface area contributed by atoms with E-state index in [4.69, 9.17) is 13.9 Å². The summed E-state index contributed by atoms with van der Waals surface area (Å²) in [5.41, 5.74) is 1.78. The molecule has 1 saturated heterocycles. The fourth-order valence-electron chi connectivity index (χ4n) is 3.73. The fraction of sp³-hybridized carbons (Fsp3) is 0.455. The van der Waals surface area contributed by atoms with Gasteiger partial charge in [0.05, 0.1) is 12.3 Å². The van der Waals surface area contributed by atoms with Crippen molar-refractivity contribution in [3.8, 4) is 17.4 Å². The van der Waals surface area contributed by atoms with Gasteiger partial charge in [0.1, 0.15) is 17.7 Å². The number of rotatable bonds is 7. The number of amides is 1. The fourth-order valence-corrected chi connectivity index (χ4v) is 3.73. The SMILES string of the molecule is COCCN1CC[C@H](OC(=O)Nc2cc(-n3nc(C)cc3C)nc(-c3ccc(C)o3)n2)C1. The number of nitrogens with zero attached hydrogens (tertiary/aromatic N) is 5. The first-order chi connectivity index (χ1) is 15.4. The van der Waals surface area contributed by atoms with E-state index in [9.17, 15) is 4.79 Å². The monoisotopic (exact) mass is 440 g/mol. The Bertz CT molecular complexity index is 1090. The second kappa shape index (κ2) is 9.49. The van der Waals surface area contributed by atoms with Gasteiger partial charge in [-0.3, -0.25) is 10.2 Å². The molecule has 10 nitrogen and oxygen atoms in total. The largest absolute Gasteiger partial charge is 0.458 e. The zero-order valence-electron chi connectivity index (χ0n) is 18.8. The number of anilines is 1. The molecular weight excluding hydrogens is 412 g/mol. The summed E-state index contributed by atoms with van der Waals surface area (Å²) in [6.07, 6.45) is 0.0639. The van der Waals surface area contributed by atoms with Gasteiger partial charge in [-0.2, -0.15) is 5.10 Å². The van der Waals surface area contributed by atoms with Crippen LogP contribution in [0.15, 0.2) is 28.7 Å². The Hall–Kier alpha value is -3.24. The van der Waals surface area contributed by atoms with E-state index in [1.807, 2.05) is 32.9 Å². The number of furan rings is 1. The summed E-state index contributed by atoms with van der Waals surface area (Å²) in [6, 6.07) is 7.26. The molecular formula is C22H28N6O4. The Morgan fingerprint density at radius 3 is 2.78 bits per heavy atom. The third-order valence-corrected chi connectivity index (χ3v) is 5.24. The van der Waals surface area contributed by atoms with Crippen molar-refractivity contribution < 1.29 is 18.7 Å². The van der Waals surface area contributed by atoms with Crippen LogP contribution < -0.4 is 5.32 Å². The zero-order chi connectivity index (χ0) is 22.7. The predicted molar refractivity (Wildman–Crippen MR) is 118 cm³/mol. The molecule has 1 atom stereocenters. The van der Waals surface area contributed by atoms with Crippen LogP contribution in [-0.2, 0) is 9.47 Å². The number of carbonyl (C=O) groups is 1. The minimum absolute atomic E-state index is 0.170. The van der Waals surface area contributed by atoms with Gasteiger partial charge < -0.3 is 13.9 Å². The van der Waals surface area contributed by atoms with Gasteiger partial charge in [0.2, 0.25) is 0 Å². The summed E-state index contributed by atoms with van der Waals surface area (Å²) in [5, 5.41) is 7.23. The van der Waals surface area contributed by atoms with Gasteiger partial charge in [-0.15, -0.1) is 0 Å². The van der Waals surface area contributed by atoms with Gasteiger partial charge in [-0.05, 0) is 45.4 Å². The lowest BCUT2D eigenvalue weighted by Gasteiger charge is -2.16. The van der Waals surface area contributed by atoms with E-state index in [1.165, 1.54) is 0 Å². The molecule has 32 heavy (non-hydrogen) atoms. The normalized spacial score (nSPS) is 16.4. The highest BCUT2D eigenvalue weighted by molar-refractivity contribution is 5.84. The van der Waals surface area contributed by atoms with E-state index in [0.717, 1.165) is 36.7 Å². The Balaban J connectivity index is 1.53. The van der Waals surface area contributed by atoms with Gasteiger partial charge in [0.25, 0.3) is 0 Å². The van der Waals surface area contributed by atoms with Crippen molar-refractivity contribution in [1.29, 1.82) is 0 Å². The average Bonchev–Trinajstić information content (AvgIpc) is 3.46. The molecule has 3 aromatic heterocycles. The molecule has 10 heteroatoms. The highest BCUT2D eigenvalue weighted by atomic mass is 16.6. The maximum Gasteiger partial charge on any atom is 0.413 e. The molecule has 3 aromatic rings. The highest BCUT2D eigenvalue weighted by Crippen LogP contribution is 2.23. The minimum atomic E-state index is -0.553. The summed E-state index contributed by atoms with van der Waals surface area (Å²) in [7, 11) is 1.68. The number of hydrogen-bond donors (Lipinski definition) is 1. The molecule has 0 bridgehead atoms. The van der Waals surface area contributed by atoms with Crippen molar-refractivity contribution in [3.63, 3.8) is 0 Å². The number of aryl methyl sites for hydroxylation is 3. The quantitative estimate of drug-likeness (QED) is 0.597. The number of ether oxygens (including phenoxy) is 2. The van der Waals surface area contributed by atoms with E-state index < -0.39 is 6.09 Å². The third-order valence-electron chi connectivity index (χ3n) is 5.24. The molecule has 1 fully saturated rings. The van der Waals surface area contributed by atoms with E-state index >= 15 is 0 Å². The van der Waals surface area contributed by atoms with Crippen LogP contribution in [0.1, 0.15) is 23.6 Å². The first-order valence-electron chi connectivity index (χ1n) is 10.6. The second-order valence-electron chi connectivity index (χ2n) is 7.92. The molecule has 4 heterocycles. The molecule has 0 saturated carbocycles. The summed E-state index contributed by atoms with van der Waals surface area (Å²) in [6.45, 7) is 8.74. The maximum absolute atomic E-state index is 12.6. The topological polar surface area (TPSA) is 108 Å². The zero-order valence-corrected chi connectivity index (χ0v) is 18.8. The molecule has 0 spiro atoms. The Morgan fingerprint density at radius 1 is 1.25 bits per heavy atom. The Labute approximate surface area is 186 Å². The molecule has 1 amide bonds. The van der Waals surface area contributed by atoms with Crippen LogP contribution >= 0.6 is 0 Å². The van der Waals surface area contributed by atoms with Gasteiger partial charge >= 0.3 is 6.09 Å². The molecule has 0 unspecified atom stereocenters. The average molecular weight is 441 g/mol. The number of aromatic nitrogens is 4. The molecule has 0 aromatic carbocycles. The number of hydrogen-bond acceptors (Lipinski definition) is 8. The second-order valence-corrected chi connectivity index (χ2v) is 7.92. The van der Waals surface area contributed by atoms with Crippen molar-refractivity contribution >= 4 is 11.9 Å². The van der Waals surface area contributed by atoms with Gasteiger partial charge in [0, 0.05) is 38.5 Å². The molecule has 1 N–H and O–H groups in total. The van der Waals surface area contributed by atoms with Crippen LogP contribution in [0.4, 0.5) is 10.6 Å². The number of methoxy groups -OCH3 is 1. The van der Waals surface area contributed by atoms with Crippen LogP contribution in [0.25, 0.3) is 17.4 Å². The summed E-state index contributed by atoms with van der Waals surface area (Å²) < 4.78 is 18.1. The molecule has 4 rings (SSSR count). The predicted octanol–water partition coefficient (Wildman–Crippen LogP) is 3.12. The minimum Gasteiger partial charge on any atom is -0.458 e. The van der Waals surface area contributed by atoms with Gasteiger partial charge in [-0.25, -0.2) is 19.4 Å². The lowest BCUT2D eigenvalue weighted by atomic mass is 10.3. The van der Waals surface area contributed by atoms with Crippen LogP contribution in [-0.4, -0.2) is 70.2 Å². The van der Waals surface area contributed by atoms with Crippen LogP contribution in [0.2, 0.25) is 0 Å². The number of nitrogens with one attached hydrogen (secondary N) is 1. The van der Waals surface area contributed by atoms with Crippen LogP contribution in [0.3, 0.4) is 0 Å². The highest BCUT2D eigenvalue weighted by Gasteiger charge is 2.25. The summed E-state index contributed by atoms with van der Waals surface area (Å²) in [4.78, 5) is 23.8. The van der Waals surface area contributed by atoms with Gasteiger partial charge in [0.15, 0.2) is 17.4 Å². The Morgan fingerprint density at radius 2 is 2.09 bits per heavy atom. The Kier molecular flexibility index (Phi) is 6.52. The molecule has 170 valence electrons. The summed E-state index contributed by atoms with van der Waals surface area (Å²) in [5.74, 6) is 2.44. The van der Waals surface area contributed by atoms with Crippen molar-refractivity contribution in [2.75, 3.05) is 38.7 Å². The first kappa shape index (κ1) is 22.0. The smallest absolute Gasteiger partial charge is 0.413 e. The molecule has 0 aliphatic carbocycles.